The van der Waals surface area contributed by atoms with Crippen LogP contribution in [0, 0.1) is 0 Å². The van der Waals surface area contributed by atoms with Gasteiger partial charge in [0.25, 0.3) is 0 Å². The first-order valence-electron chi connectivity index (χ1n) is 5.59. The van der Waals surface area contributed by atoms with Crippen molar-refractivity contribution in [2.24, 2.45) is 0 Å². The Labute approximate surface area is 172 Å². The molecule has 0 unspecified atom stereocenters. The second-order valence-corrected chi connectivity index (χ2v) is 5.98. The van der Waals surface area contributed by atoms with Crippen LogP contribution in [0.5, 0.6) is 0 Å². The first kappa shape index (κ1) is 18.7. The van der Waals surface area contributed by atoms with Crippen molar-refractivity contribution in [1.29, 1.82) is 0 Å². The van der Waals surface area contributed by atoms with Crippen molar-refractivity contribution in [3.8, 4) is 0 Å². The molecular weight excluding hydrogens is 434 g/mol. The smallest absolute Gasteiger partial charge is 1.00 e. The zero-order chi connectivity index (χ0) is 14.5. The number of hydrogen-bond acceptors (Lipinski definition) is 4. The fourth-order valence-corrected chi connectivity index (χ4v) is 3.87. The Kier molecular flexibility index (Phi) is 7.96. The molecule has 0 heterocycles. The van der Waals surface area contributed by atoms with Gasteiger partial charge in [0.05, 0.1) is 11.1 Å². The Morgan fingerprint density at radius 3 is 1.43 bits per heavy atom. The Hall–Kier alpha value is -0.349. The minimum absolute atomic E-state index is 0. The monoisotopic (exact) mass is 446 g/mol. The van der Waals surface area contributed by atoms with Gasteiger partial charge in [0.1, 0.15) is 0 Å². The number of carbonyl (C=O) groups is 2. The van der Waals surface area contributed by atoms with Crippen LogP contribution < -0.4 is 0 Å². The van der Waals surface area contributed by atoms with Gasteiger partial charge in [0.15, 0.2) is 0 Å². The van der Waals surface area contributed by atoms with Crippen molar-refractivity contribution in [2.75, 3.05) is 0 Å². The van der Waals surface area contributed by atoms with Gasteiger partial charge in [-0.1, -0.05) is 45.9 Å². The molecule has 0 aliphatic rings. The quantitative estimate of drug-likeness (QED) is 0.540. The third-order valence-corrected chi connectivity index (χ3v) is 4.94. The Morgan fingerprint density at radius 2 is 1.10 bits per heavy atom. The van der Waals surface area contributed by atoms with Gasteiger partial charge in [0.2, 0.25) is 0 Å². The third kappa shape index (κ3) is 5.10. The van der Waals surface area contributed by atoms with E-state index in [0.29, 0.717) is 9.79 Å². The molecule has 0 spiro atoms. The topological polar surface area (TPSA) is 74.6 Å². The predicted molar refractivity (Wildman–Crippen MR) is 86.5 cm³/mol. The molecule has 0 amide bonds. The van der Waals surface area contributed by atoms with E-state index in [4.69, 9.17) is 10.2 Å². The van der Waals surface area contributed by atoms with Crippen LogP contribution in [-0.2, 0) is 0 Å². The summed E-state index contributed by atoms with van der Waals surface area (Å²) in [5, 5.41) is 18.2. The van der Waals surface area contributed by atoms with E-state index in [-0.39, 0.29) is 62.9 Å². The van der Waals surface area contributed by atoms with Crippen LogP contribution in [0.15, 0.2) is 58.3 Å². The van der Waals surface area contributed by atoms with E-state index >= 15 is 0 Å². The van der Waals surface area contributed by atoms with E-state index in [0.717, 1.165) is 0 Å². The fraction of sp³-hybridized carbons (Fsp3) is 0. The molecule has 2 aromatic rings. The van der Waals surface area contributed by atoms with Gasteiger partial charge in [-0.15, -0.1) is 0 Å². The van der Waals surface area contributed by atoms with E-state index in [9.17, 15) is 9.59 Å². The molecule has 0 bridgehead atoms. The minimum Gasteiger partial charge on any atom is -1.00 e. The second kappa shape index (κ2) is 8.94. The molecule has 0 fully saturated rings. The summed E-state index contributed by atoms with van der Waals surface area (Å²) in [7, 11) is 2.47. The Balaban J connectivity index is 0. The van der Waals surface area contributed by atoms with Crippen molar-refractivity contribution >= 4 is 82.4 Å². The average Bonchev–Trinajstić information content (AvgIpc) is 2.45. The molecule has 4 nitrogen and oxygen atoms in total. The maximum Gasteiger partial charge on any atom is 2.00 e. The number of rotatable bonds is 5. The molecule has 0 saturated carbocycles. The minimum atomic E-state index is -1.000. The first-order chi connectivity index (χ1) is 9.59. The van der Waals surface area contributed by atoms with Crippen LogP contribution >= 0.6 is 21.6 Å². The van der Waals surface area contributed by atoms with Gasteiger partial charge >= 0.3 is 60.8 Å². The third-order valence-electron chi connectivity index (χ3n) is 2.46. The van der Waals surface area contributed by atoms with Crippen molar-refractivity contribution in [1.82, 2.24) is 0 Å². The molecule has 0 aliphatic heterocycles. The van der Waals surface area contributed by atoms with Gasteiger partial charge in [-0.05, 0) is 24.3 Å². The van der Waals surface area contributed by atoms with Gasteiger partial charge in [-0.3, -0.25) is 0 Å². The van der Waals surface area contributed by atoms with Crippen molar-refractivity contribution in [2.45, 2.75) is 9.79 Å². The number of aromatic carboxylic acids is 2. The van der Waals surface area contributed by atoms with Gasteiger partial charge in [-0.25, -0.2) is 9.59 Å². The number of benzene rings is 2. The summed E-state index contributed by atoms with van der Waals surface area (Å²) >= 11 is 0. The summed E-state index contributed by atoms with van der Waals surface area (Å²) in [5.41, 5.74) is 0.413. The van der Waals surface area contributed by atoms with Crippen LogP contribution in [0.1, 0.15) is 23.6 Å². The second-order valence-electron chi connectivity index (χ2n) is 3.77. The SMILES string of the molecule is O=C(O)c1ccccc1SSc1ccccc1C(=O)O.[Ba+2].[H-].[H-]. The maximum absolute atomic E-state index is 11.1. The molecule has 0 aromatic heterocycles. The summed E-state index contributed by atoms with van der Waals surface area (Å²) in [6.07, 6.45) is 0. The molecule has 21 heavy (non-hydrogen) atoms. The Morgan fingerprint density at radius 1 is 0.762 bits per heavy atom. The average molecular weight is 446 g/mol. The molecule has 2 rings (SSSR count). The van der Waals surface area contributed by atoms with Gasteiger partial charge < -0.3 is 13.1 Å². The molecule has 0 atom stereocenters. The normalized spacial score (nSPS) is 9.71. The van der Waals surface area contributed by atoms with Crippen molar-refractivity contribution in [3.63, 3.8) is 0 Å². The maximum atomic E-state index is 11.1. The molecule has 7 heteroatoms. The summed E-state index contributed by atoms with van der Waals surface area (Å²) in [5.74, 6) is -2.00. The molecule has 0 saturated heterocycles. The first-order valence-corrected chi connectivity index (χ1v) is 7.73. The fourth-order valence-electron chi connectivity index (χ4n) is 1.52. The van der Waals surface area contributed by atoms with Gasteiger partial charge in [-0.2, -0.15) is 0 Å². The molecule has 2 N–H and O–H groups in total. The molecule has 0 radical (unpaired) electrons. The molecular formula is C14H12BaO4S2. The number of carboxylic acid groups (broad SMARTS) is 2. The van der Waals surface area contributed by atoms with E-state index in [1.54, 1.807) is 36.4 Å². The van der Waals surface area contributed by atoms with Crippen LogP contribution in [0.25, 0.3) is 0 Å². The zero-order valence-corrected chi connectivity index (χ0v) is 16.9. The van der Waals surface area contributed by atoms with Crippen LogP contribution in [0.3, 0.4) is 0 Å². The molecule has 0 aliphatic carbocycles. The largest absolute Gasteiger partial charge is 2.00 e. The molecule has 106 valence electrons. The standard InChI is InChI=1S/C14H10O4S2.Ba.2H/c15-13(16)9-5-1-3-7-11(9)19-20-12-8-4-2-6-10(12)14(17)18;;;/h1-8H,(H,15,16)(H,17,18);;;/q;+2;2*-1. The van der Waals surface area contributed by atoms with E-state index in [2.05, 4.69) is 0 Å². The zero-order valence-electron chi connectivity index (χ0n) is 12.9. The summed E-state index contributed by atoms with van der Waals surface area (Å²) in [4.78, 5) is 23.4. The number of carboxylic acids is 2. The van der Waals surface area contributed by atoms with Crippen molar-refractivity contribution in [3.05, 3.63) is 59.7 Å². The van der Waals surface area contributed by atoms with E-state index < -0.39 is 11.9 Å². The summed E-state index contributed by atoms with van der Waals surface area (Å²) in [6.45, 7) is 0. The summed E-state index contributed by atoms with van der Waals surface area (Å²) < 4.78 is 0. The Bertz CT molecular complexity index is 613. The molecule has 2 aromatic carbocycles. The van der Waals surface area contributed by atoms with Crippen LogP contribution in [-0.4, -0.2) is 71.0 Å². The predicted octanol–water partition coefficient (Wildman–Crippen LogP) is 3.73. The summed E-state index contributed by atoms with van der Waals surface area (Å²) in [6, 6.07) is 13.3. The van der Waals surface area contributed by atoms with E-state index in [1.165, 1.54) is 33.7 Å². The van der Waals surface area contributed by atoms with Crippen LogP contribution in [0.4, 0.5) is 0 Å². The number of hydrogen-bond donors (Lipinski definition) is 2. The van der Waals surface area contributed by atoms with Gasteiger partial charge in [0, 0.05) is 9.79 Å². The van der Waals surface area contributed by atoms with E-state index in [1.807, 2.05) is 0 Å². The van der Waals surface area contributed by atoms with Crippen LogP contribution in [0.2, 0.25) is 0 Å². The van der Waals surface area contributed by atoms with Crippen molar-refractivity contribution < 1.29 is 22.7 Å².